The first-order valence-corrected chi connectivity index (χ1v) is 4.17. The van der Waals surface area contributed by atoms with Gasteiger partial charge in [-0.25, -0.2) is 0 Å². The molecule has 2 N–H and O–H groups in total. The average Bonchev–Trinajstić information content (AvgIpc) is 2.65. The summed E-state index contributed by atoms with van der Waals surface area (Å²) in [6, 6.07) is 4.98. The monoisotopic (exact) mass is 208 g/mol. The molecule has 1 aliphatic rings. The Labute approximate surface area is 85.1 Å². The largest absolute Gasteiger partial charge is 0.454 e. The van der Waals surface area contributed by atoms with Gasteiger partial charge in [0, 0.05) is 11.8 Å². The molecule has 1 heterocycles. The van der Waals surface area contributed by atoms with Crippen molar-refractivity contribution in [3.05, 3.63) is 18.2 Å². The number of carbonyl (C=O) groups is 1. The average molecular weight is 208 g/mol. The van der Waals surface area contributed by atoms with Crippen LogP contribution < -0.4 is 14.8 Å². The molecule has 0 saturated heterocycles. The molecule has 0 radical (unpaired) electrons. The highest BCUT2D eigenvalue weighted by molar-refractivity contribution is 6.31. The highest BCUT2D eigenvalue weighted by Crippen LogP contribution is 2.34. The summed E-state index contributed by atoms with van der Waals surface area (Å²) in [6.07, 6.45) is 0.768. The Morgan fingerprint density at radius 2 is 2.27 bits per heavy atom. The van der Waals surface area contributed by atoms with E-state index in [0.29, 0.717) is 17.2 Å². The summed E-state index contributed by atoms with van der Waals surface area (Å²) in [5.74, 6) is 0.703. The second-order valence-corrected chi connectivity index (χ2v) is 2.80. The van der Waals surface area contributed by atoms with Gasteiger partial charge in [0.2, 0.25) is 6.79 Å². The third-order valence-corrected chi connectivity index (χ3v) is 1.82. The van der Waals surface area contributed by atoms with E-state index in [1.165, 1.54) is 0 Å². The smallest absolute Gasteiger partial charge is 0.270 e. The Kier molecular flexibility index (Phi) is 2.40. The van der Waals surface area contributed by atoms with Crippen LogP contribution in [0.15, 0.2) is 23.4 Å². The fourth-order valence-electron chi connectivity index (χ4n) is 1.20. The zero-order valence-corrected chi connectivity index (χ0v) is 7.64. The van der Waals surface area contributed by atoms with E-state index in [4.69, 9.17) is 14.7 Å². The normalized spacial score (nSPS) is 13.1. The Morgan fingerprint density at radius 3 is 3.07 bits per heavy atom. The van der Waals surface area contributed by atoms with Gasteiger partial charge in [0.1, 0.15) is 6.21 Å². The lowest BCUT2D eigenvalue weighted by atomic mass is 10.3. The highest BCUT2D eigenvalue weighted by atomic mass is 16.7. The molecule has 78 valence electrons. The van der Waals surface area contributed by atoms with Gasteiger partial charge in [-0.05, 0) is 12.1 Å². The number of oxime groups is 1. The minimum Gasteiger partial charge on any atom is -0.454 e. The Balaban J connectivity index is 2.13. The van der Waals surface area contributed by atoms with Gasteiger partial charge in [-0.15, -0.1) is 0 Å². The van der Waals surface area contributed by atoms with Gasteiger partial charge < -0.3 is 20.0 Å². The molecule has 0 aliphatic carbocycles. The van der Waals surface area contributed by atoms with Crippen LogP contribution in [0.2, 0.25) is 0 Å². The van der Waals surface area contributed by atoms with Crippen LogP contribution in [0.4, 0.5) is 5.69 Å². The number of fused-ring (bicyclic) bond motifs is 1. The van der Waals surface area contributed by atoms with Crippen LogP contribution in [0.5, 0.6) is 11.5 Å². The van der Waals surface area contributed by atoms with Gasteiger partial charge in [0.05, 0.1) is 0 Å². The van der Waals surface area contributed by atoms with E-state index in [0.717, 1.165) is 6.21 Å². The lowest BCUT2D eigenvalue weighted by molar-refractivity contribution is -0.110. The molecular weight excluding hydrogens is 200 g/mol. The van der Waals surface area contributed by atoms with Crippen LogP contribution in [0, 0.1) is 0 Å². The summed E-state index contributed by atoms with van der Waals surface area (Å²) >= 11 is 0. The van der Waals surface area contributed by atoms with E-state index in [-0.39, 0.29) is 6.79 Å². The molecule has 0 aromatic heterocycles. The minimum atomic E-state index is -0.517. The quantitative estimate of drug-likeness (QED) is 0.428. The molecule has 0 spiro atoms. The number of nitrogens with zero attached hydrogens (tertiary/aromatic N) is 1. The van der Waals surface area contributed by atoms with Gasteiger partial charge in [-0.2, -0.15) is 0 Å². The number of hydrogen-bond acceptors (Lipinski definition) is 5. The van der Waals surface area contributed by atoms with E-state index in [1.807, 2.05) is 0 Å². The molecule has 1 aromatic rings. The molecule has 6 heteroatoms. The first-order chi connectivity index (χ1) is 7.29. The minimum absolute atomic E-state index is 0.185. The highest BCUT2D eigenvalue weighted by Gasteiger charge is 2.13. The number of ether oxygens (including phenoxy) is 2. The zero-order chi connectivity index (χ0) is 10.7. The summed E-state index contributed by atoms with van der Waals surface area (Å²) in [6.45, 7) is 0.185. The van der Waals surface area contributed by atoms with Crippen LogP contribution >= 0.6 is 0 Å². The predicted molar refractivity (Wildman–Crippen MR) is 51.5 cm³/mol. The topological polar surface area (TPSA) is 80.2 Å². The van der Waals surface area contributed by atoms with Crippen molar-refractivity contribution in [2.75, 3.05) is 12.1 Å². The van der Waals surface area contributed by atoms with Gasteiger partial charge in [0.25, 0.3) is 5.91 Å². The van der Waals surface area contributed by atoms with Crippen molar-refractivity contribution in [2.45, 2.75) is 0 Å². The van der Waals surface area contributed by atoms with Gasteiger partial charge in [-0.3, -0.25) is 4.79 Å². The molecule has 1 aliphatic heterocycles. The number of rotatable bonds is 2. The van der Waals surface area contributed by atoms with Crippen molar-refractivity contribution < 1.29 is 19.5 Å². The van der Waals surface area contributed by atoms with E-state index in [2.05, 4.69) is 10.5 Å². The SMILES string of the molecule is O=C(/C=N\O)Nc1ccc2c(c1)OCO2. The predicted octanol–water partition coefficient (Wildman–Crippen LogP) is 0.814. The van der Waals surface area contributed by atoms with Crippen LogP contribution in [0.25, 0.3) is 0 Å². The number of amides is 1. The fourth-order valence-corrected chi connectivity index (χ4v) is 1.20. The molecule has 2 rings (SSSR count). The molecule has 0 fully saturated rings. The van der Waals surface area contributed by atoms with Crippen molar-refractivity contribution >= 4 is 17.8 Å². The molecule has 1 amide bonds. The standard InChI is InChI=1S/C9H8N2O4/c12-9(4-10-13)11-6-1-2-7-8(3-6)15-5-14-7/h1-4,13H,5H2,(H,11,12)/b10-4-. The Morgan fingerprint density at radius 1 is 1.47 bits per heavy atom. The van der Waals surface area contributed by atoms with Crippen LogP contribution in [0.3, 0.4) is 0 Å². The van der Waals surface area contributed by atoms with Crippen molar-refractivity contribution in [1.82, 2.24) is 0 Å². The molecule has 0 saturated carbocycles. The number of benzene rings is 1. The molecule has 6 nitrogen and oxygen atoms in total. The van der Waals surface area contributed by atoms with Crippen LogP contribution in [0.1, 0.15) is 0 Å². The van der Waals surface area contributed by atoms with E-state index >= 15 is 0 Å². The Hall–Kier alpha value is -2.24. The second-order valence-electron chi connectivity index (χ2n) is 2.80. The maximum absolute atomic E-state index is 11.0. The van der Waals surface area contributed by atoms with Crippen molar-refractivity contribution in [3.8, 4) is 11.5 Å². The zero-order valence-electron chi connectivity index (χ0n) is 7.64. The van der Waals surface area contributed by atoms with Crippen LogP contribution in [-0.2, 0) is 4.79 Å². The van der Waals surface area contributed by atoms with Crippen LogP contribution in [-0.4, -0.2) is 24.1 Å². The molecule has 1 aromatic carbocycles. The number of anilines is 1. The van der Waals surface area contributed by atoms with Gasteiger partial charge in [-0.1, -0.05) is 5.16 Å². The molecule has 0 unspecified atom stereocenters. The van der Waals surface area contributed by atoms with Gasteiger partial charge in [0.15, 0.2) is 11.5 Å². The summed E-state index contributed by atoms with van der Waals surface area (Å²) in [5, 5.41) is 13.2. The Bertz CT molecular complexity index is 417. The maximum Gasteiger partial charge on any atom is 0.270 e. The molecular formula is C9H8N2O4. The number of hydrogen-bond donors (Lipinski definition) is 2. The second kappa shape index (κ2) is 3.87. The summed E-state index contributed by atoms with van der Waals surface area (Å²) in [4.78, 5) is 11.0. The van der Waals surface area contributed by atoms with E-state index < -0.39 is 5.91 Å². The molecule has 0 atom stereocenters. The molecule has 0 bridgehead atoms. The summed E-state index contributed by atoms with van der Waals surface area (Å²) < 4.78 is 10.2. The lowest BCUT2D eigenvalue weighted by Gasteiger charge is -2.02. The summed E-state index contributed by atoms with van der Waals surface area (Å²) in [7, 11) is 0. The first kappa shape index (κ1) is 9.32. The number of carbonyl (C=O) groups excluding carboxylic acids is 1. The van der Waals surface area contributed by atoms with Crippen molar-refractivity contribution in [2.24, 2.45) is 5.16 Å². The summed E-state index contributed by atoms with van der Waals surface area (Å²) in [5.41, 5.74) is 0.546. The van der Waals surface area contributed by atoms with E-state index in [9.17, 15) is 4.79 Å². The molecule has 15 heavy (non-hydrogen) atoms. The van der Waals surface area contributed by atoms with E-state index in [1.54, 1.807) is 18.2 Å². The third-order valence-electron chi connectivity index (χ3n) is 1.82. The fraction of sp³-hybridized carbons (Fsp3) is 0.111. The third kappa shape index (κ3) is 1.98. The van der Waals surface area contributed by atoms with Crippen molar-refractivity contribution in [1.29, 1.82) is 0 Å². The number of nitrogens with one attached hydrogen (secondary N) is 1. The first-order valence-electron chi connectivity index (χ1n) is 4.17. The van der Waals surface area contributed by atoms with Gasteiger partial charge >= 0.3 is 0 Å². The maximum atomic E-state index is 11.0. The van der Waals surface area contributed by atoms with Crippen molar-refractivity contribution in [3.63, 3.8) is 0 Å². The lowest BCUT2D eigenvalue weighted by Crippen LogP contribution is -2.12.